The average Bonchev–Trinajstić information content (AvgIpc) is 3.62. The van der Waals surface area contributed by atoms with E-state index in [1.165, 1.54) is 21.8 Å². The first-order valence-corrected chi connectivity index (χ1v) is 18.8. The van der Waals surface area contributed by atoms with Crippen molar-refractivity contribution in [3.8, 4) is 78.6 Å². The third-order valence-corrected chi connectivity index (χ3v) is 10.5. The third-order valence-electron chi connectivity index (χ3n) is 10.5. The van der Waals surface area contributed by atoms with Crippen LogP contribution in [0.15, 0.2) is 206 Å². The van der Waals surface area contributed by atoms with Gasteiger partial charge < -0.3 is 9.67 Å². The highest BCUT2D eigenvalue weighted by Gasteiger charge is 2.18. The summed E-state index contributed by atoms with van der Waals surface area (Å²) in [5.74, 6) is 0.186. The van der Waals surface area contributed by atoms with Gasteiger partial charge in [-0.05, 0) is 88.5 Å². The van der Waals surface area contributed by atoms with Crippen LogP contribution in [0, 0.1) is 0 Å². The van der Waals surface area contributed by atoms with Crippen molar-refractivity contribution >= 4 is 21.8 Å². The SMILES string of the molecule is Oc1cc(-c2ccccc2)ccc1-c1cc(-c2ccccc2)cc(-c2cccc(-c3cc(-c4cccc5c6ccccc6n(-c6ccccc6)c45)ccn3)c2)n1. The molecule has 0 aliphatic carbocycles. The lowest BCUT2D eigenvalue weighted by Gasteiger charge is -2.13. The van der Waals surface area contributed by atoms with Crippen molar-refractivity contribution in [3.63, 3.8) is 0 Å². The zero-order valence-corrected chi connectivity index (χ0v) is 30.4. The standard InChI is InChI=1S/C52H35N3O/c56-51-34-37(35-14-4-1-5-15-35)26-27-46(51)49-33-41(36-16-6-2-7-17-36)32-48(54-49)40-19-12-18-39(30-40)47-31-38(28-29-53-47)43-23-13-24-45-44-22-10-11-25-50(44)55(52(43)45)42-20-8-3-9-21-42/h1-34,56H. The van der Waals surface area contributed by atoms with Gasteiger partial charge in [-0.3, -0.25) is 4.98 Å². The van der Waals surface area contributed by atoms with Gasteiger partial charge >= 0.3 is 0 Å². The van der Waals surface area contributed by atoms with Gasteiger partial charge in [-0.15, -0.1) is 0 Å². The summed E-state index contributed by atoms with van der Waals surface area (Å²) in [4.78, 5) is 10.1. The van der Waals surface area contributed by atoms with Crippen LogP contribution in [0.25, 0.3) is 94.6 Å². The molecule has 264 valence electrons. The predicted molar refractivity (Wildman–Crippen MR) is 231 cm³/mol. The Morgan fingerprint density at radius 1 is 0.375 bits per heavy atom. The minimum absolute atomic E-state index is 0.186. The van der Waals surface area contributed by atoms with Gasteiger partial charge in [0, 0.05) is 44.9 Å². The first kappa shape index (κ1) is 33.0. The Kier molecular flexibility index (Phi) is 8.27. The second-order valence-electron chi connectivity index (χ2n) is 14.0. The van der Waals surface area contributed by atoms with Gasteiger partial charge in [0.15, 0.2) is 0 Å². The van der Waals surface area contributed by atoms with Crippen LogP contribution in [0.2, 0.25) is 0 Å². The molecule has 10 aromatic rings. The van der Waals surface area contributed by atoms with Crippen LogP contribution < -0.4 is 0 Å². The van der Waals surface area contributed by atoms with Gasteiger partial charge in [0.05, 0.1) is 28.1 Å². The van der Waals surface area contributed by atoms with Gasteiger partial charge in [0.1, 0.15) is 5.75 Å². The van der Waals surface area contributed by atoms with Crippen LogP contribution in [-0.4, -0.2) is 19.6 Å². The Morgan fingerprint density at radius 3 is 1.75 bits per heavy atom. The van der Waals surface area contributed by atoms with Gasteiger partial charge in [0.25, 0.3) is 0 Å². The molecule has 0 saturated carbocycles. The van der Waals surface area contributed by atoms with Crippen LogP contribution in [0.4, 0.5) is 0 Å². The Bertz CT molecular complexity index is 3030. The quantitative estimate of drug-likeness (QED) is 0.179. The number of nitrogens with zero attached hydrogens (tertiary/aromatic N) is 3. The lowest BCUT2D eigenvalue weighted by molar-refractivity contribution is 0.477. The van der Waals surface area contributed by atoms with Crippen molar-refractivity contribution in [1.82, 2.24) is 14.5 Å². The first-order chi connectivity index (χ1) is 27.7. The zero-order chi connectivity index (χ0) is 37.4. The molecule has 0 bridgehead atoms. The number of hydrogen-bond donors (Lipinski definition) is 1. The lowest BCUT2D eigenvalue weighted by Crippen LogP contribution is -1.95. The summed E-state index contributed by atoms with van der Waals surface area (Å²) in [6.07, 6.45) is 1.90. The average molecular weight is 718 g/mol. The van der Waals surface area contributed by atoms with Crippen LogP contribution in [0.5, 0.6) is 5.75 Å². The van der Waals surface area contributed by atoms with Gasteiger partial charge in [-0.1, -0.05) is 140 Å². The normalized spacial score (nSPS) is 11.3. The second-order valence-corrected chi connectivity index (χ2v) is 14.0. The summed E-state index contributed by atoms with van der Waals surface area (Å²) < 4.78 is 2.37. The van der Waals surface area contributed by atoms with Gasteiger partial charge in [-0.25, -0.2) is 4.98 Å². The fourth-order valence-corrected chi connectivity index (χ4v) is 7.86. The molecule has 0 radical (unpaired) electrons. The van der Waals surface area contributed by atoms with Crippen molar-refractivity contribution in [2.24, 2.45) is 0 Å². The number of rotatable bonds is 7. The molecule has 0 amide bonds. The molecule has 56 heavy (non-hydrogen) atoms. The molecule has 0 fully saturated rings. The number of para-hydroxylation sites is 3. The molecule has 0 unspecified atom stereocenters. The molecular formula is C52H35N3O. The van der Waals surface area contributed by atoms with E-state index in [4.69, 9.17) is 9.97 Å². The van der Waals surface area contributed by atoms with E-state index in [0.717, 1.165) is 61.6 Å². The molecule has 4 heteroatoms. The Hall–Kier alpha value is -7.56. The first-order valence-electron chi connectivity index (χ1n) is 18.8. The number of aromatic nitrogens is 3. The summed E-state index contributed by atoms with van der Waals surface area (Å²) in [6, 6.07) is 68.9. The number of phenolic OH excluding ortho intramolecular Hbond substituents is 1. The van der Waals surface area contributed by atoms with Crippen molar-refractivity contribution in [3.05, 3.63) is 206 Å². The van der Waals surface area contributed by atoms with Crippen LogP contribution in [0.1, 0.15) is 0 Å². The number of pyridine rings is 2. The van der Waals surface area contributed by atoms with E-state index in [-0.39, 0.29) is 5.75 Å². The van der Waals surface area contributed by atoms with Crippen molar-refractivity contribution < 1.29 is 5.11 Å². The number of hydrogen-bond acceptors (Lipinski definition) is 3. The summed E-state index contributed by atoms with van der Waals surface area (Å²) in [7, 11) is 0. The number of aromatic hydroxyl groups is 1. The highest BCUT2D eigenvalue weighted by atomic mass is 16.3. The Balaban J connectivity index is 1.08. The fourth-order valence-electron chi connectivity index (χ4n) is 7.86. The van der Waals surface area contributed by atoms with E-state index in [9.17, 15) is 5.11 Å². The van der Waals surface area contributed by atoms with Crippen molar-refractivity contribution in [2.45, 2.75) is 0 Å². The van der Waals surface area contributed by atoms with Crippen LogP contribution >= 0.6 is 0 Å². The lowest BCUT2D eigenvalue weighted by atomic mass is 9.97. The molecule has 0 atom stereocenters. The molecule has 0 aliphatic rings. The van der Waals surface area contributed by atoms with E-state index < -0.39 is 0 Å². The van der Waals surface area contributed by atoms with E-state index in [1.54, 1.807) is 0 Å². The predicted octanol–water partition coefficient (Wildman–Crippen LogP) is 13.3. The maximum Gasteiger partial charge on any atom is 0.125 e. The summed E-state index contributed by atoms with van der Waals surface area (Å²) >= 11 is 0. The monoisotopic (exact) mass is 717 g/mol. The molecule has 4 nitrogen and oxygen atoms in total. The maximum absolute atomic E-state index is 11.4. The molecule has 3 heterocycles. The molecule has 0 aliphatic heterocycles. The van der Waals surface area contributed by atoms with Crippen molar-refractivity contribution in [2.75, 3.05) is 0 Å². The Morgan fingerprint density at radius 2 is 0.982 bits per heavy atom. The number of benzene rings is 7. The smallest absolute Gasteiger partial charge is 0.125 e. The third kappa shape index (κ3) is 6.00. The summed E-state index contributed by atoms with van der Waals surface area (Å²) in [5.41, 5.74) is 14.8. The van der Waals surface area contributed by atoms with Gasteiger partial charge in [0.2, 0.25) is 0 Å². The molecule has 3 aromatic heterocycles. The van der Waals surface area contributed by atoms with E-state index in [2.05, 4.69) is 138 Å². The van der Waals surface area contributed by atoms with Crippen LogP contribution in [-0.2, 0) is 0 Å². The molecule has 0 spiro atoms. The molecule has 1 N–H and O–H groups in total. The number of fused-ring (bicyclic) bond motifs is 3. The molecule has 7 aromatic carbocycles. The molecule has 0 saturated heterocycles. The summed E-state index contributed by atoms with van der Waals surface area (Å²) in [5, 5.41) is 13.8. The van der Waals surface area contributed by atoms with E-state index >= 15 is 0 Å². The Labute approximate surface area is 325 Å². The highest BCUT2D eigenvalue weighted by Crippen LogP contribution is 2.40. The maximum atomic E-state index is 11.4. The minimum atomic E-state index is 0.186. The fraction of sp³-hybridized carbons (Fsp3) is 0. The van der Waals surface area contributed by atoms with E-state index in [1.807, 2.05) is 72.9 Å². The highest BCUT2D eigenvalue weighted by molar-refractivity contribution is 6.13. The largest absolute Gasteiger partial charge is 0.507 e. The summed E-state index contributed by atoms with van der Waals surface area (Å²) in [6.45, 7) is 0. The second kappa shape index (κ2) is 14.0. The number of phenols is 1. The zero-order valence-electron chi connectivity index (χ0n) is 30.4. The topological polar surface area (TPSA) is 50.9 Å². The van der Waals surface area contributed by atoms with Crippen molar-refractivity contribution in [1.29, 1.82) is 0 Å². The molecule has 10 rings (SSSR count). The van der Waals surface area contributed by atoms with Gasteiger partial charge in [-0.2, -0.15) is 0 Å². The minimum Gasteiger partial charge on any atom is -0.507 e. The van der Waals surface area contributed by atoms with Crippen LogP contribution in [0.3, 0.4) is 0 Å². The molecular weight excluding hydrogens is 683 g/mol. The van der Waals surface area contributed by atoms with E-state index in [0.29, 0.717) is 11.3 Å².